The molecule has 0 saturated heterocycles. The number of esters is 1. The van der Waals surface area contributed by atoms with Crippen LogP contribution in [0, 0.1) is 0 Å². The second-order valence-electron chi connectivity index (χ2n) is 4.44. The van der Waals surface area contributed by atoms with Crippen LogP contribution < -0.4 is 0 Å². The Bertz CT molecular complexity index is 597. The molecule has 2 aromatic carbocycles. The maximum atomic E-state index is 11.2. The maximum Gasteiger partial charge on any atom is 0.306 e. The van der Waals surface area contributed by atoms with Crippen molar-refractivity contribution in [2.45, 2.75) is 16.2 Å². The van der Waals surface area contributed by atoms with Gasteiger partial charge in [0.1, 0.15) is 0 Å². The second-order valence-corrected chi connectivity index (χ2v) is 6.49. The van der Waals surface area contributed by atoms with Crippen LogP contribution >= 0.6 is 23.5 Å². The predicted octanol–water partition coefficient (Wildman–Crippen LogP) is 4.73. The van der Waals surface area contributed by atoms with Crippen molar-refractivity contribution in [1.82, 2.24) is 0 Å². The van der Waals surface area contributed by atoms with Gasteiger partial charge >= 0.3 is 5.97 Å². The number of methoxy groups -OCH3 is 1. The third-order valence-electron chi connectivity index (χ3n) is 3.03. The molecule has 2 aromatic rings. The van der Waals surface area contributed by atoms with Crippen molar-refractivity contribution < 1.29 is 9.53 Å². The molecule has 21 heavy (non-hydrogen) atoms. The van der Waals surface area contributed by atoms with E-state index in [2.05, 4.69) is 41.3 Å². The van der Waals surface area contributed by atoms with E-state index in [4.69, 9.17) is 0 Å². The number of carbonyl (C=O) groups excluding carboxylic acids is 1. The highest BCUT2D eigenvalue weighted by Gasteiger charge is 2.05. The fraction of sp³-hybridized carbons (Fsp3) is 0.235. The van der Waals surface area contributed by atoms with Crippen LogP contribution in [0.4, 0.5) is 0 Å². The summed E-state index contributed by atoms with van der Waals surface area (Å²) >= 11 is 3.42. The lowest BCUT2D eigenvalue weighted by molar-refractivity contribution is -0.140. The Morgan fingerprint density at radius 2 is 1.76 bits per heavy atom. The van der Waals surface area contributed by atoms with Gasteiger partial charge in [-0.05, 0) is 35.6 Å². The van der Waals surface area contributed by atoms with Crippen molar-refractivity contribution in [2.75, 3.05) is 19.1 Å². The average molecular weight is 318 g/mol. The zero-order valence-corrected chi connectivity index (χ0v) is 13.8. The first kappa shape index (κ1) is 16.0. The minimum absolute atomic E-state index is 0.160. The van der Waals surface area contributed by atoms with Gasteiger partial charge in [0, 0.05) is 15.5 Å². The summed E-state index contributed by atoms with van der Waals surface area (Å²) in [5, 5.41) is 0. The van der Waals surface area contributed by atoms with Crippen molar-refractivity contribution in [2.24, 2.45) is 0 Å². The zero-order chi connectivity index (χ0) is 15.1. The molecular weight excluding hydrogens is 300 g/mol. The number of hydrogen-bond acceptors (Lipinski definition) is 4. The summed E-state index contributed by atoms with van der Waals surface area (Å²) in [6.45, 7) is 0. The number of benzene rings is 2. The molecule has 110 valence electrons. The van der Waals surface area contributed by atoms with E-state index in [1.165, 1.54) is 28.0 Å². The van der Waals surface area contributed by atoms with Crippen LogP contribution in [0.5, 0.6) is 0 Å². The maximum absolute atomic E-state index is 11.2. The molecule has 0 radical (unpaired) electrons. The molecule has 0 unspecified atom stereocenters. The number of thioether (sulfide) groups is 2. The number of carbonyl (C=O) groups is 1. The van der Waals surface area contributed by atoms with Gasteiger partial charge in [-0.3, -0.25) is 4.79 Å². The molecule has 0 aliphatic carbocycles. The normalized spacial score (nSPS) is 10.4. The molecule has 2 nitrogen and oxygen atoms in total. The summed E-state index contributed by atoms with van der Waals surface area (Å²) in [5.41, 5.74) is 2.42. The van der Waals surface area contributed by atoms with E-state index in [9.17, 15) is 4.79 Å². The monoisotopic (exact) mass is 318 g/mol. The van der Waals surface area contributed by atoms with E-state index in [0.29, 0.717) is 6.42 Å². The Morgan fingerprint density at radius 1 is 1.05 bits per heavy atom. The van der Waals surface area contributed by atoms with Gasteiger partial charge in [0.15, 0.2) is 0 Å². The third kappa shape index (κ3) is 4.83. The molecule has 0 aliphatic heterocycles. The Balaban J connectivity index is 2.16. The molecule has 4 heteroatoms. The summed E-state index contributed by atoms with van der Waals surface area (Å²) in [7, 11) is 1.43. The third-order valence-corrected chi connectivity index (χ3v) is 4.71. The molecule has 0 atom stereocenters. The number of ether oxygens (including phenoxy) is 1. The highest BCUT2D eigenvalue weighted by Crippen LogP contribution is 2.31. The van der Waals surface area contributed by atoms with Crippen molar-refractivity contribution >= 4 is 29.5 Å². The van der Waals surface area contributed by atoms with Gasteiger partial charge in [0.05, 0.1) is 13.5 Å². The van der Waals surface area contributed by atoms with Gasteiger partial charge in [-0.15, -0.1) is 23.5 Å². The highest BCUT2D eigenvalue weighted by atomic mass is 32.2. The van der Waals surface area contributed by atoms with E-state index in [0.717, 1.165) is 5.75 Å². The molecule has 0 bridgehead atoms. The Labute approximate surface area is 134 Å². The standard InChI is InChI=1S/C17H18O2S2/c1-19-17(18)8-9-21-16-11-14(10-15(12-16)20-2)13-6-4-3-5-7-13/h3-7,10-12H,8-9H2,1-2H3. The first-order chi connectivity index (χ1) is 10.2. The Hall–Kier alpha value is -1.39. The molecule has 0 aromatic heterocycles. The molecule has 0 N–H and O–H groups in total. The van der Waals surface area contributed by atoms with Crippen LogP contribution in [-0.2, 0) is 9.53 Å². The topological polar surface area (TPSA) is 26.3 Å². The van der Waals surface area contributed by atoms with Gasteiger partial charge in [0.2, 0.25) is 0 Å². The summed E-state index contributed by atoms with van der Waals surface area (Å²) in [5.74, 6) is 0.574. The number of hydrogen-bond donors (Lipinski definition) is 0. The summed E-state index contributed by atoms with van der Waals surface area (Å²) in [6, 6.07) is 16.9. The molecule has 0 heterocycles. The van der Waals surface area contributed by atoms with Crippen molar-refractivity contribution in [3.8, 4) is 11.1 Å². The summed E-state index contributed by atoms with van der Waals surface area (Å²) in [6.07, 6.45) is 2.51. The van der Waals surface area contributed by atoms with Gasteiger partial charge in [-0.2, -0.15) is 0 Å². The zero-order valence-electron chi connectivity index (χ0n) is 12.2. The quantitative estimate of drug-likeness (QED) is 0.568. The lowest BCUT2D eigenvalue weighted by atomic mass is 10.1. The molecule has 0 saturated carbocycles. The second kappa shape index (κ2) is 8.15. The summed E-state index contributed by atoms with van der Waals surface area (Å²) < 4.78 is 4.67. The summed E-state index contributed by atoms with van der Waals surface area (Å²) in [4.78, 5) is 13.6. The van der Waals surface area contributed by atoms with E-state index in [-0.39, 0.29) is 5.97 Å². The van der Waals surface area contributed by atoms with Crippen molar-refractivity contribution in [3.05, 3.63) is 48.5 Å². The lowest BCUT2D eigenvalue weighted by Gasteiger charge is -2.08. The fourth-order valence-electron chi connectivity index (χ4n) is 1.92. The first-order valence-corrected chi connectivity index (χ1v) is 8.88. The van der Waals surface area contributed by atoms with Gasteiger partial charge in [0.25, 0.3) is 0 Å². The molecule has 0 aliphatic rings. The largest absolute Gasteiger partial charge is 0.469 e. The Kier molecular flexibility index (Phi) is 6.21. The Morgan fingerprint density at radius 3 is 2.43 bits per heavy atom. The van der Waals surface area contributed by atoms with Gasteiger partial charge < -0.3 is 4.74 Å². The molecule has 2 rings (SSSR count). The van der Waals surface area contributed by atoms with E-state index < -0.39 is 0 Å². The van der Waals surface area contributed by atoms with Gasteiger partial charge in [-0.25, -0.2) is 0 Å². The van der Waals surface area contributed by atoms with E-state index >= 15 is 0 Å². The fourth-order valence-corrected chi connectivity index (χ4v) is 3.41. The van der Waals surface area contributed by atoms with Crippen molar-refractivity contribution in [3.63, 3.8) is 0 Å². The van der Waals surface area contributed by atoms with Crippen LogP contribution in [0.2, 0.25) is 0 Å². The molecular formula is C17H18O2S2. The SMILES string of the molecule is COC(=O)CCSc1cc(SC)cc(-c2ccccc2)c1. The van der Waals surface area contributed by atoms with Gasteiger partial charge in [-0.1, -0.05) is 30.3 Å². The van der Waals surface area contributed by atoms with E-state index in [1.54, 1.807) is 23.5 Å². The van der Waals surface area contributed by atoms with Crippen LogP contribution in [0.15, 0.2) is 58.3 Å². The van der Waals surface area contributed by atoms with E-state index in [1.807, 2.05) is 18.2 Å². The molecule has 0 spiro atoms. The number of rotatable bonds is 6. The van der Waals surface area contributed by atoms with Crippen LogP contribution in [0.25, 0.3) is 11.1 Å². The average Bonchev–Trinajstić information content (AvgIpc) is 2.55. The highest BCUT2D eigenvalue weighted by molar-refractivity contribution is 7.99. The minimum atomic E-state index is -0.160. The first-order valence-electron chi connectivity index (χ1n) is 6.67. The van der Waals surface area contributed by atoms with Crippen molar-refractivity contribution in [1.29, 1.82) is 0 Å². The molecule has 0 fully saturated rings. The lowest BCUT2D eigenvalue weighted by Crippen LogP contribution is -2.00. The van der Waals surface area contributed by atoms with Crippen LogP contribution in [0.1, 0.15) is 6.42 Å². The molecule has 0 amide bonds. The van der Waals surface area contributed by atoms with Crippen LogP contribution in [-0.4, -0.2) is 25.1 Å². The van der Waals surface area contributed by atoms with Crippen LogP contribution in [0.3, 0.4) is 0 Å². The predicted molar refractivity (Wildman–Crippen MR) is 91.0 cm³/mol. The minimum Gasteiger partial charge on any atom is -0.469 e. The smallest absolute Gasteiger partial charge is 0.306 e.